The lowest BCUT2D eigenvalue weighted by Crippen LogP contribution is -2.38. The van der Waals surface area contributed by atoms with Crippen molar-refractivity contribution >= 4 is 35.8 Å². The lowest BCUT2D eigenvalue weighted by Gasteiger charge is -2.15. The maximum atomic E-state index is 11.6. The highest BCUT2D eigenvalue weighted by atomic mass is 127. The monoisotopic (exact) mass is 517 g/mol. The number of hydrogen-bond acceptors (Lipinski definition) is 4. The smallest absolute Gasteiger partial charge is 0.222 e. The first-order valence-corrected chi connectivity index (χ1v) is 11.0. The summed E-state index contributed by atoms with van der Waals surface area (Å²) >= 11 is 0. The summed E-state index contributed by atoms with van der Waals surface area (Å²) in [6.45, 7) is 7.30. The van der Waals surface area contributed by atoms with Gasteiger partial charge in [0.05, 0.1) is 0 Å². The second kappa shape index (κ2) is 13.0. The van der Waals surface area contributed by atoms with Crippen LogP contribution in [0.2, 0.25) is 0 Å². The fraction of sp³-hybridized carbons (Fsp3) is 0.800. The molecule has 1 aromatic rings. The number of likely N-dealkylation sites (tertiary alicyclic amines) is 1. The molecule has 3 rings (SSSR count). The Morgan fingerprint density at radius 3 is 2.76 bits per heavy atom. The number of carbonyl (C=O) groups excluding carboxylic acids is 1. The Balaban J connectivity index is 0.00000300. The molecule has 8 nitrogen and oxygen atoms in total. The van der Waals surface area contributed by atoms with E-state index in [4.69, 9.17) is 0 Å². The van der Waals surface area contributed by atoms with Gasteiger partial charge in [-0.2, -0.15) is 0 Å². The van der Waals surface area contributed by atoms with E-state index >= 15 is 0 Å². The van der Waals surface area contributed by atoms with Crippen molar-refractivity contribution in [2.75, 3.05) is 32.7 Å². The Bertz CT molecular complexity index is 661. The van der Waals surface area contributed by atoms with E-state index in [9.17, 15) is 4.79 Å². The summed E-state index contributed by atoms with van der Waals surface area (Å²) in [6, 6.07) is 0. The number of nitrogens with zero attached hydrogens (tertiary/aromatic N) is 5. The second-order valence-electron chi connectivity index (χ2n) is 7.62. The van der Waals surface area contributed by atoms with Crippen LogP contribution in [0.25, 0.3) is 0 Å². The molecule has 0 bridgehead atoms. The maximum Gasteiger partial charge on any atom is 0.222 e. The standard InChI is InChI=1S/C20H35N7O.HI/c1-2-21-20(23-13-8-15-26-14-7-11-19(26)28)22-12-6-10-18-25-24-17-9-4-3-5-16-27(17)18;/h2-16H2,1H3,(H2,21,22,23);1H. The van der Waals surface area contributed by atoms with Crippen molar-refractivity contribution in [3.63, 3.8) is 0 Å². The van der Waals surface area contributed by atoms with Gasteiger partial charge in [0, 0.05) is 58.5 Å². The molecule has 1 amide bonds. The minimum absolute atomic E-state index is 0. The normalized spacial score (nSPS) is 16.9. The minimum atomic E-state index is 0. The van der Waals surface area contributed by atoms with Crippen LogP contribution in [-0.4, -0.2) is 64.3 Å². The summed E-state index contributed by atoms with van der Waals surface area (Å²) in [5.74, 6) is 3.43. The molecule has 2 aliphatic heterocycles. The average Bonchev–Trinajstić information content (AvgIpc) is 3.20. The fourth-order valence-corrected chi connectivity index (χ4v) is 3.92. The van der Waals surface area contributed by atoms with Gasteiger partial charge in [-0.05, 0) is 39.0 Å². The number of nitrogens with one attached hydrogen (secondary N) is 2. The van der Waals surface area contributed by atoms with E-state index in [0.717, 1.165) is 89.0 Å². The Morgan fingerprint density at radius 1 is 1.07 bits per heavy atom. The van der Waals surface area contributed by atoms with E-state index in [2.05, 4.69) is 37.3 Å². The first-order chi connectivity index (χ1) is 13.8. The number of aliphatic imine (C=N–C) groups is 1. The molecule has 0 atom stereocenters. The van der Waals surface area contributed by atoms with Gasteiger partial charge in [-0.15, -0.1) is 34.2 Å². The Kier molecular flexibility index (Phi) is 10.7. The quantitative estimate of drug-likeness (QED) is 0.227. The van der Waals surface area contributed by atoms with E-state index < -0.39 is 0 Å². The molecule has 1 aromatic heterocycles. The number of guanidine groups is 1. The first-order valence-electron chi connectivity index (χ1n) is 11.0. The number of hydrogen-bond donors (Lipinski definition) is 2. The van der Waals surface area contributed by atoms with Crippen LogP contribution in [0.3, 0.4) is 0 Å². The molecule has 0 aromatic carbocycles. The molecule has 9 heteroatoms. The molecule has 2 N–H and O–H groups in total. The highest BCUT2D eigenvalue weighted by Crippen LogP contribution is 2.15. The van der Waals surface area contributed by atoms with E-state index in [0.29, 0.717) is 12.3 Å². The van der Waals surface area contributed by atoms with Gasteiger partial charge in [-0.3, -0.25) is 9.79 Å². The molecule has 164 valence electrons. The van der Waals surface area contributed by atoms with E-state index in [1.54, 1.807) is 0 Å². The van der Waals surface area contributed by atoms with Gasteiger partial charge in [0.1, 0.15) is 11.6 Å². The van der Waals surface area contributed by atoms with Crippen molar-refractivity contribution in [3.8, 4) is 0 Å². The summed E-state index contributed by atoms with van der Waals surface area (Å²) in [5.41, 5.74) is 0. The van der Waals surface area contributed by atoms with Crippen LogP contribution in [0.15, 0.2) is 4.99 Å². The summed E-state index contributed by atoms with van der Waals surface area (Å²) in [5, 5.41) is 15.5. The van der Waals surface area contributed by atoms with Gasteiger partial charge in [-0.1, -0.05) is 6.42 Å². The van der Waals surface area contributed by atoms with Gasteiger partial charge in [0.15, 0.2) is 5.96 Å². The number of fused-ring (bicyclic) bond motifs is 1. The van der Waals surface area contributed by atoms with Gasteiger partial charge >= 0.3 is 0 Å². The van der Waals surface area contributed by atoms with Crippen LogP contribution in [0.4, 0.5) is 0 Å². The highest BCUT2D eigenvalue weighted by Gasteiger charge is 2.19. The molecule has 3 heterocycles. The maximum absolute atomic E-state index is 11.6. The summed E-state index contributed by atoms with van der Waals surface area (Å²) in [6.07, 6.45) is 9.38. The molecule has 29 heavy (non-hydrogen) atoms. The molecule has 1 saturated heterocycles. The van der Waals surface area contributed by atoms with Crippen molar-refractivity contribution in [1.82, 2.24) is 30.3 Å². The molecule has 2 aliphatic rings. The van der Waals surface area contributed by atoms with Gasteiger partial charge in [0.25, 0.3) is 0 Å². The van der Waals surface area contributed by atoms with Crippen molar-refractivity contribution < 1.29 is 4.79 Å². The Hall–Kier alpha value is -1.39. The lowest BCUT2D eigenvalue weighted by molar-refractivity contribution is -0.127. The Labute approximate surface area is 191 Å². The zero-order valence-electron chi connectivity index (χ0n) is 17.7. The van der Waals surface area contributed by atoms with E-state index in [1.165, 1.54) is 19.3 Å². The van der Waals surface area contributed by atoms with E-state index in [-0.39, 0.29) is 24.0 Å². The number of aryl methyl sites for hydroxylation is 2. The van der Waals surface area contributed by atoms with Crippen LogP contribution < -0.4 is 10.6 Å². The van der Waals surface area contributed by atoms with Gasteiger partial charge < -0.3 is 20.1 Å². The number of amides is 1. The van der Waals surface area contributed by atoms with Crippen LogP contribution in [0, 0.1) is 0 Å². The van der Waals surface area contributed by atoms with E-state index in [1.807, 2.05) is 4.90 Å². The van der Waals surface area contributed by atoms with Crippen LogP contribution >= 0.6 is 24.0 Å². The topological polar surface area (TPSA) is 87.4 Å². The molecule has 0 spiro atoms. The summed E-state index contributed by atoms with van der Waals surface area (Å²) in [7, 11) is 0. The first kappa shape index (κ1) is 23.9. The van der Waals surface area contributed by atoms with Crippen molar-refractivity contribution in [3.05, 3.63) is 11.6 Å². The van der Waals surface area contributed by atoms with Crippen LogP contribution in [0.1, 0.15) is 63.5 Å². The van der Waals surface area contributed by atoms with Gasteiger partial charge in [-0.25, -0.2) is 0 Å². The third-order valence-electron chi connectivity index (χ3n) is 5.43. The number of rotatable bonds is 9. The molecular weight excluding hydrogens is 481 g/mol. The summed E-state index contributed by atoms with van der Waals surface area (Å²) < 4.78 is 2.33. The average molecular weight is 517 g/mol. The van der Waals surface area contributed by atoms with Crippen molar-refractivity contribution in [2.24, 2.45) is 4.99 Å². The van der Waals surface area contributed by atoms with Crippen molar-refractivity contribution in [1.29, 1.82) is 0 Å². The van der Waals surface area contributed by atoms with Crippen LogP contribution in [0.5, 0.6) is 0 Å². The number of aromatic nitrogens is 3. The third kappa shape index (κ3) is 7.42. The Morgan fingerprint density at radius 2 is 1.97 bits per heavy atom. The predicted molar refractivity (Wildman–Crippen MR) is 126 cm³/mol. The molecule has 0 unspecified atom stereocenters. The van der Waals surface area contributed by atoms with Crippen LogP contribution in [-0.2, 0) is 24.2 Å². The van der Waals surface area contributed by atoms with Gasteiger partial charge in [0.2, 0.25) is 5.91 Å². The largest absolute Gasteiger partial charge is 0.357 e. The molecule has 1 fully saturated rings. The number of carbonyl (C=O) groups is 1. The molecule has 0 aliphatic carbocycles. The molecular formula is C20H36IN7O. The molecule has 0 radical (unpaired) electrons. The zero-order valence-corrected chi connectivity index (χ0v) is 20.0. The zero-order chi connectivity index (χ0) is 19.6. The predicted octanol–water partition coefficient (Wildman–Crippen LogP) is 2.12. The number of halogens is 1. The fourth-order valence-electron chi connectivity index (χ4n) is 3.92. The SMILES string of the molecule is CCNC(=NCCCN1CCCC1=O)NCCCc1nnc2n1CCCCC2.I. The third-order valence-corrected chi connectivity index (χ3v) is 5.43. The summed E-state index contributed by atoms with van der Waals surface area (Å²) in [4.78, 5) is 18.2. The minimum Gasteiger partial charge on any atom is -0.357 e. The lowest BCUT2D eigenvalue weighted by atomic mass is 10.2. The van der Waals surface area contributed by atoms with Crippen molar-refractivity contribution in [2.45, 2.75) is 71.3 Å². The molecule has 0 saturated carbocycles. The second-order valence-corrected chi connectivity index (χ2v) is 7.62. The highest BCUT2D eigenvalue weighted by molar-refractivity contribution is 14.0.